The van der Waals surface area contributed by atoms with E-state index in [-0.39, 0.29) is 0 Å². The Balaban J connectivity index is 1.94. The van der Waals surface area contributed by atoms with Gasteiger partial charge in [0.2, 0.25) is 0 Å². The Morgan fingerprint density at radius 3 is 2.95 bits per heavy atom. The minimum absolute atomic E-state index is 0.468. The normalized spacial score (nSPS) is 18.2. The van der Waals surface area contributed by atoms with Crippen molar-refractivity contribution in [2.45, 2.75) is 39.0 Å². The lowest BCUT2D eigenvalue weighted by Gasteiger charge is -2.25. The molecular formula is C16H20N2O. The van der Waals surface area contributed by atoms with Crippen LogP contribution in [0, 0.1) is 13.8 Å². The van der Waals surface area contributed by atoms with E-state index >= 15 is 0 Å². The van der Waals surface area contributed by atoms with E-state index in [1.54, 1.807) is 6.26 Å². The lowest BCUT2D eigenvalue weighted by molar-refractivity contribution is 0.399. The van der Waals surface area contributed by atoms with Crippen LogP contribution in [0.5, 0.6) is 0 Å². The number of anilines is 1. The van der Waals surface area contributed by atoms with Crippen molar-refractivity contribution in [3.8, 4) is 0 Å². The number of hydrogen-bond donors (Lipinski definition) is 1. The van der Waals surface area contributed by atoms with Crippen LogP contribution in [0.25, 0.3) is 0 Å². The third-order valence-electron chi connectivity index (χ3n) is 4.18. The van der Waals surface area contributed by atoms with Gasteiger partial charge in [-0.15, -0.1) is 0 Å². The Kier molecular flexibility index (Phi) is 3.05. The molecule has 0 spiro atoms. The number of rotatable bonds is 2. The summed E-state index contributed by atoms with van der Waals surface area (Å²) in [5.74, 6) is 0.468. The molecule has 1 N–H and O–H groups in total. The van der Waals surface area contributed by atoms with Gasteiger partial charge in [-0.1, -0.05) is 22.9 Å². The van der Waals surface area contributed by atoms with Crippen LogP contribution in [0.3, 0.4) is 0 Å². The van der Waals surface area contributed by atoms with Gasteiger partial charge in [0, 0.05) is 13.0 Å². The molecule has 1 atom stereocenters. The Bertz CT molecular complexity index is 601. The zero-order valence-corrected chi connectivity index (χ0v) is 11.8. The van der Waals surface area contributed by atoms with Gasteiger partial charge in [0.05, 0.1) is 5.69 Å². The molecule has 0 amide bonds. The molecule has 0 saturated heterocycles. The lowest BCUT2D eigenvalue weighted by atomic mass is 9.79. The zero-order chi connectivity index (χ0) is 13.4. The summed E-state index contributed by atoms with van der Waals surface area (Å²) in [7, 11) is 1.92. The minimum Gasteiger partial charge on any atom is -0.384 e. The third kappa shape index (κ3) is 2.14. The molecular weight excluding hydrogens is 236 g/mol. The first-order valence-electron chi connectivity index (χ1n) is 6.90. The SMILES string of the molecule is CNc1conc1C1CCc2cc(C)cc(C)c2C1. The monoisotopic (exact) mass is 256 g/mol. The van der Waals surface area contributed by atoms with Crippen molar-refractivity contribution >= 4 is 5.69 Å². The van der Waals surface area contributed by atoms with Gasteiger partial charge in [0.15, 0.2) is 0 Å². The molecule has 0 bridgehead atoms. The smallest absolute Gasteiger partial charge is 0.147 e. The molecule has 3 heteroatoms. The van der Waals surface area contributed by atoms with Crippen LogP contribution in [0.2, 0.25) is 0 Å². The number of nitrogens with one attached hydrogen (secondary N) is 1. The highest BCUT2D eigenvalue weighted by Gasteiger charge is 2.25. The molecule has 1 aliphatic rings. The number of hydrogen-bond acceptors (Lipinski definition) is 3. The lowest BCUT2D eigenvalue weighted by Crippen LogP contribution is -2.15. The van der Waals surface area contributed by atoms with Gasteiger partial charge < -0.3 is 9.84 Å². The first-order valence-corrected chi connectivity index (χ1v) is 6.90. The molecule has 2 aromatic rings. The van der Waals surface area contributed by atoms with Gasteiger partial charge in [-0.05, 0) is 49.8 Å². The maximum absolute atomic E-state index is 5.11. The van der Waals surface area contributed by atoms with Crippen molar-refractivity contribution in [2.75, 3.05) is 12.4 Å². The van der Waals surface area contributed by atoms with E-state index in [2.05, 4.69) is 36.5 Å². The van der Waals surface area contributed by atoms with Gasteiger partial charge in [-0.3, -0.25) is 0 Å². The second-order valence-electron chi connectivity index (χ2n) is 5.52. The van der Waals surface area contributed by atoms with Crippen molar-refractivity contribution in [1.82, 2.24) is 5.16 Å². The molecule has 19 heavy (non-hydrogen) atoms. The van der Waals surface area contributed by atoms with E-state index in [4.69, 9.17) is 4.52 Å². The van der Waals surface area contributed by atoms with E-state index in [0.717, 1.165) is 30.6 Å². The van der Waals surface area contributed by atoms with Gasteiger partial charge in [0.1, 0.15) is 12.0 Å². The van der Waals surface area contributed by atoms with Crippen LogP contribution in [-0.2, 0) is 12.8 Å². The minimum atomic E-state index is 0.468. The maximum atomic E-state index is 5.11. The van der Waals surface area contributed by atoms with Gasteiger partial charge in [-0.25, -0.2) is 0 Å². The fourth-order valence-electron chi connectivity index (χ4n) is 3.24. The molecule has 0 aliphatic heterocycles. The highest BCUT2D eigenvalue weighted by molar-refractivity contribution is 5.48. The van der Waals surface area contributed by atoms with Gasteiger partial charge in [0.25, 0.3) is 0 Å². The number of fused-ring (bicyclic) bond motifs is 1. The largest absolute Gasteiger partial charge is 0.384 e. The van der Waals surface area contributed by atoms with E-state index < -0.39 is 0 Å². The van der Waals surface area contributed by atoms with Crippen LogP contribution < -0.4 is 5.32 Å². The van der Waals surface area contributed by atoms with Crippen LogP contribution in [0.4, 0.5) is 5.69 Å². The van der Waals surface area contributed by atoms with E-state index in [9.17, 15) is 0 Å². The number of nitrogens with zero attached hydrogens (tertiary/aromatic N) is 1. The van der Waals surface area contributed by atoms with Crippen molar-refractivity contribution in [1.29, 1.82) is 0 Å². The second-order valence-corrected chi connectivity index (χ2v) is 5.52. The van der Waals surface area contributed by atoms with Crippen LogP contribution in [0.1, 0.15) is 40.3 Å². The molecule has 1 aliphatic carbocycles. The van der Waals surface area contributed by atoms with E-state index in [1.165, 1.54) is 22.3 Å². The highest BCUT2D eigenvalue weighted by atomic mass is 16.5. The molecule has 0 saturated carbocycles. The third-order valence-corrected chi connectivity index (χ3v) is 4.18. The summed E-state index contributed by atoms with van der Waals surface area (Å²) in [5, 5.41) is 7.36. The summed E-state index contributed by atoms with van der Waals surface area (Å²) in [4.78, 5) is 0. The summed E-state index contributed by atoms with van der Waals surface area (Å²) in [5.41, 5.74) is 7.91. The van der Waals surface area contributed by atoms with Crippen LogP contribution in [-0.4, -0.2) is 12.2 Å². The quantitative estimate of drug-likeness (QED) is 0.892. The second kappa shape index (κ2) is 4.72. The molecule has 100 valence electrons. The first kappa shape index (κ1) is 12.3. The summed E-state index contributed by atoms with van der Waals surface area (Å²) in [6, 6.07) is 4.61. The summed E-state index contributed by atoms with van der Waals surface area (Å²) < 4.78 is 5.11. The standard InChI is InChI=1S/C16H20N2O/c1-10-6-11(2)14-8-13(5-4-12(14)7-10)16-15(17-3)9-19-18-16/h6-7,9,13,17H,4-5,8H2,1-3H3. The Labute approximate surface area is 114 Å². The van der Waals surface area contributed by atoms with Gasteiger partial charge in [-0.2, -0.15) is 0 Å². The first-order chi connectivity index (χ1) is 9.19. The fourth-order valence-corrected chi connectivity index (χ4v) is 3.24. The highest BCUT2D eigenvalue weighted by Crippen LogP contribution is 2.36. The number of aromatic nitrogens is 1. The average Bonchev–Trinajstić information content (AvgIpc) is 2.86. The van der Waals surface area contributed by atoms with Crippen molar-refractivity contribution < 1.29 is 4.52 Å². The Morgan fingerprint density at radius 2 is 2.16 bits per heavy atom. The van der Waals surface area contributed by atoms with Crippen LogP contribution >= 0.6 is 0 Å². The zero-order valence-electron chi connectivity index (χ0n) is 11.8. The molecule has 1 unspecified atom stereocenters. The van der Waals surface area contributed by atoms with Crippen molar-refractivity contribution in [3.05, 3.63) is 46.3 Å². The summed E-state index contributed by atoms with van der Waals surface area (Å²) >= 11 is 0. The summed E-state index contributed by atoms with van der Waals surface area (Å²) in [6.45, 7) is 4.39. The Morgan fingerprint density at radius 1 is 1.32 bits per heavy atom. The number of aryl methyl sites for hydroxylation is 3. The predicted octanol–water partition coefficient (Wildman–Crippen LogP) is 3.61. The average molecular weight is 256 g/mol. The van der Waals surface area contributed by atoms with Crippen LogP contribution in [0.15, 0.2) is 22.9 Å². The molecule has 0 radical (unpaired) electrons. The number of benzene rings is 1. The molecule has 1 heterocycles. The molecule has 1 aromatic heterocycles. The molecule has 1 aromatic carbocycles. The Hall–Kier alpha value is -1.77. The van der Waals surface area contributed by atoms with Gasteiger partial charge >= 0.3 is 0 Å². The van der Waals surface area contributed by atoms with Crippen molar-refractivity contribution in [3.63, 3.8) is 0 Å². The molecule has 3 rings (SSSR count). The maximum Gasteiger partial charge on any atom is 0.147 e. The fraction of sp³-hybridized carbons (Fsp3) is 0.438. The van der Waals surface area contributed by atoms with Crippen molar-refractivity contribution in [2.24, 2.45) is 0 Å². The predicted molar refractivity (Wildman–Crippen MR) is 76.7 cm³/mol. The summed E-state index contributed by atoms with van der Waals surface area (Å²) in [6.07, 6.45) is 5.06. The topological polar surface area (TPSA) is 38.1 Å². The molecule has 0 fully saturated rings. The van der Waals surface area contributed by atoms with E-state index in [1.807, 2.05) is 7.05 Å². The van der Waals surface area contributed by atoms with E-state index in [0.29, 0.717) is 5.92 Å². The molecule has 3 nitrogen and oxygen atoms in total.